The minimum Gasteiger partial charge on any atom is -0.350 e. The first-order chi connectivity index (χ1) is 16.5. The Bertz CT molecular complexity index is 1080. The van der Waals surface area contributed by atoms with Crippen molar-refractivity contribution in [3.05, 3.63) is 89.5 Å². The number of rotatable bonds is 9. The van der Waals surface area contributed by atoms with Crippen molar-refractivity contribution in [2.45, 2.75) is 51.9 Å². The Morgan fingerprint density at radius 2 is 1.82 bits per heavy atom. The number of carbonyl (C=O) groups is 2. The third kappa shape index (κ3) is 5.72. The van der Waals surface area contributed by atoms with Crippen molar-refractivity contribution < 1.29 is 9.59 Å². The summed E-state index contributed by atoms with van der Waals surface area (Å²) in [5.74, 6) is -0.0693. The normalized spacial score (nSPS) is 16.2. The van der Waals surface area contributed by atoms with E-state index in [4.69, 9.17) is 0 Å². The van der Waals surface area contributed by atoms with Crippen molar-refractivity contribution >= 4 is 11.8 Å². The van der Waals surface area contributed by atoms with Gasteiger partial charge in [-0.25, -0.2) is 4.98 Å². The maximum atomic E-state index is 13.8. The smallest absolute Gasteiger partial charge is 0.243 e. The summed E-state index contributed by atoms with van der Waals surface area (Å²) in [5, 5.41) is 6.48. The minimum absolute atomic E-state index is 0.0334. The number of nitrogens with one attached hydrogen (secondary N) is 3. The van der Waals surface area contributed by atoms with E-state index in [1.807, 2.05) is 62.4 Å². The highest BCUT2D eigenvalue weighted by molar-refractivity contribution is 5.90. The molecule has 1 aliphatic heterocycles. The fourth-order valence-electron chi connectivity index (χ4n) is 4.46. The first-order valence-electron chi connectivity index (χ1n) is 11.9. The van der Waals surface area contributed by atoms with Crippen LogP contribution in [0.25, 0.3) is 0 Å². The summed E-state index contributed by atoms with van der Waals surface area (Å²) in [4.78, 5) is 36.0. The maximum Gasteiger partial charge on any atom is 0.243 e. The first-order valence-corrected chi connectivity index (χ1v) is 11.9. The molecule has 4 rings (SSSR count). The van der Waals surface area contributed by atoms with Gasteiger partial charge in [-0.1, -0.05) is 68.4 Å². The lowest BCUT2D eigenvalue weighted by Crippen LogP contribution is -2.58. The quantitative estimate of drug-likeness (QED) is 0.459. The molecule has 1 aliphatic rings. The summed E-state index contributed by atoms with van der Waals surface area (Å²) in [6.07, 6.45) is 4.72. The van der Waals surface area contributed by atoms with E-state index >= 15 is 0 Å². The van der Waals surface area contributed by atoms with Crippen molar-refractivity contribution in [2.24, 2.45) is 5.92 Å². The highest BCUT2D eigenvalue weighted by Crippen LogP contribution is 2.25. The van der Waals surface area contributed by atoms with Crippen molar-refractivity contribution in [3.8, 4) is 0 Å². The van der Waals surface area contributed by atoms with Gasteiger partial charge in [0, 0.05) is 44.4 Å². The molecule has 3 N–H and O–H groups in total. The van der Waals surface area contributed by atoms with Gasteiger partial charge in [0.2, 0.25) is 11.8 Å². The van der Waals surface area contributed by atoms with E-state index in [2.05, 4.69) is 26.7 Å². The summed E-state index contributed by atoms with van der Waals surface area (Å²) in [5.41, 5.74) is 4.28. The Morgan fingerprint density at radius 1 is 1.09 bits per heavy atom. The average Bonchev–Trinajstić information content (AvgIpc) is 3.38. The molecule has 0 saturated carbocycles. The Balaban J connectivity index is 1.49. The van der Waals surface area contributed by atoms with E-state index in [0.29, 0.717) is 26.1 Å². The summed E-state index contributed by atoms with van der Waals surface area (Å²) >= 11 is 0. The molecule has 3 aromatic rings. The average molecular weight is 460 g/mol. The number of aromatic nitrogens is 2. The molecule has 178 valence electrons. The molecule has 1 unspecified atom stereocenters. The second-order valence-corrected chi connectivity index (χ2v) is 9.16. The summed E-state index contributed by atoms with van der Waals surface area (Å²) in [7, 11) is 0. The van der Waals surface area contributed by atoms with Gasteiger partial charge in [0.15, 0.2) is 0 Å². The van der Waals surface area contributed by atoms with E-state index in [-0.39, 0.29) is 23.8 Å². The molecule has 1 aromatic heterocycles. The van der Waals surface area contributed by atoms with E-state index in [1.165, 1.54) is 0 Å². The number of hydrogen-bond acceptors (Lipinski definition) is 4. The molecule has 7 nitrogen and oxygen atoms in total. The van der Waals surface area contributed by atoms with Crippen molar-refractivity contribution in [1.82, 2.24) is 25.5 Å². The van der Waals surface area contributed by atoms with Crippen LogP contribution >= 0.6 is 0 Å². The summed E-state index contributed by atoms with van der Waals surface area (Å²) < 4.78 is 0. The van der Waals surface area contributed by atoms with Crippen molar-refractivity contribution in [3.63, 3.8) is 0 Å². The van der Waals surface area contributed by atoms with Crippen LogP contribution in [-0.2, 0) is 35.5 Å². The first kappa shape index (κ1) is 23.7. The number of amides is 2. The molecular weight excluding hydrogens is 426 g/mol. The predicted molar refractivity (Wildman–Crippen MR) is 132 cm³/mol. The minimum atomic E-state index is -0.540. The van der Waals surface area contributed by atoms with Gasteiger partial charge in [0.1, 0.15) is 6.04 Å². The fraction of sp³-hybridized carbons (Fsp3) is 0.370. The molecule has 2 heterocycles. The number of imidazole rings is 1. The topological polar surface area (TPSA) is 90.1 Å². The highest BCUT2D eigenvalue weighted by atomic mass is 16.2. The van der Waals surface area contributed by atoms with Gasteiger partial charge >= 0.3 is 0 Å². The van der Waals surface area contributed by atoms with Crippen LogP contribution in [0.3, 0.4) is 0 Å². The lowest BCUT2D eigenvalue weighted by molar-refractivity contribution is -0.144. The molecule has 34 heavy (non-hydrogen) atoms. The Kier molecular flexibility index (Phi) is 7.75. The molecule has 0 saturated heterocycles. The number of benzene rings is 2. The number of carbonyl (C=O) groups excluding carboxylic acids is 2. The SMILES string of the molecule is CC(C)C(NCCc1cnc[nH]1)C(=O)N1Cc2ccccc2C[C@H]1C(=O)NCc1ccccc1. The second kappa shape index (κ2) is 11.1. The number of hydrogen-bond donors (Lipinski definition) is 3. The van der Waals surface area contributed by atoms with Crippen molar-refractivity contribution in [2.75, 3.05) is 6.54 Å². The number of H-pyrrole nitrogens is 1. The van der Waals surface area contributed by atoms with E-state index < -0.39 is 6.04 Å². The Hall–Kier alpha value is -3.45. The number of aromatic amines is 1. The van der Waals surface area contributed by atoms with E-state index in [1.54, 1.807) is 17.4 Å². The summed E-state index contributed by atoms with van der Waals surface area (Å²) in [6.45, 7) is 5.59. The lowest BCUT2D eigenvalue weighted by Gasteiger charge is -2.39. The highest BCUT2D eigenvalue weighted by Gasteiger charge is 2.38. The lowest BCUT2D eigenvalue weighted by atomic mass is 9.91. The van der Waals surface area contributed by atoms with Gasteiger partial charge in [-0.15, -0.1) is 0 Å². The molecule has 2 aromatic carbocycles. The summed E-state index contributed by atoms with van der Waals surface area (Å²) in [6, 6.07) is 17.0. The molecule has 0 radical (unpaired) electrons. The zero-order valence-corrected chi connectivity index (χ0v) is 19.8. The molecule has 0 aliphatic carbocycles. The van der Waals surface area contributed by atoms with Crippen LogP contribution in [0.15, 0.2) is 67.1 Å². The number of fused-ring (bicyclic) bond motifs is 1. The van der Waals surface area contributed by atoms with Gasteiger partial charge < -0.3 is 20.5 Å². The Morgan fingerprint density at radius 3 is 2.53 bits per heavy atom. The zero-order valence-electron chi connectivity index (χ0n) is 19.8. The van der Waals surface area contributed by atoms with Gasteiger partial charge in [0.05, 0.1) is 12.4 Å². The molecule has 2 amide bonds. The van der Waals surface area contributed by atoms with Gasteiger partial charge in [-0.3, -0.25) is 9.59 Å². The maximum absolute atomic E-state index is 13.8. The van der Waals surface area contributed by atoms with Gasteiger partial charge in [-0.2, -0.15) is 0 Å². The van der Waals surface area contributed by atoms with Crippen molar-refractivity contribution in [1.29, 1.82) is 0 Å². The van der Waals surface area contributed by atoms with Crippen LogP contribution in [0.1, 0.15) is 36.2 Å². The predicted octanol–water partition coefficient (Wildman–Crippen LogP) is 2.84. The number of nitrogens with zero attached hydrogens (tertiary/aromatic N) is 2. The van der Waals surface area contributed by atoms with Crippen LogP contribution in [0.4, 0.5) is 0 Å². The van der Waals surface area contributed by atoms with E-state index in [0.717, 1.165) is 28.8 Å². The Labute approximate surface area is 201 Å². The third-order valence-corrected chi connectivity index (χ3v) is 6.39. The van der Waals surface area contributed by atoms with Gasteiger partial charge in [-0.05, 0) is 22.6 Å². The zero-order chi connectivity index (χ0) is 23.9. The van der Waals surface area contributed by atoms with Gasteiger partial charge in [0.25, 0.3) is 0 Å². The molecule has 0 fully saturated rings. The molecule has 7 heteroatoms. The van der Waals surface area contributed by atoms with Crippen LogP contribution in [0.5, 0.6) is 0 Å². The van der Waals surface area contributed by atoms with Crippen LogP contribution < -0.4 is 10.6 Å². The van der Waals surface area contributed by atoms with Crippen LogP contribution in [0.2, 0.25) is 0 Å². The molecule has 2 atom stereocenters. The monoisotopic (exact) mass is 459 g/mol. The second-order valence-electron chi connectivity index (χ2n) is 9.16. The van der Waals surface area contributed by atoms with E-state index in [9.17, 15) is 9.59 Å². The third-order valence-electron chi connectivity index (χ3n) is 6.39. The van der Waals surface area contributed by atoms with Crippen LogP contribution in [-0.4, -0.2) is 45.3 Å². The molecule has 0 spiro atoms. The standard InChI is InChI=1S/C27H33N5O2/c1-19(2)25(29-13-12-23-16-28-18-31-23)27(34)32-17-22-11-7-6-10-21(22)14-24(32)26(33)30-15-20-8-4-3-5-9-20/h3-11,16,18-19,24-25,29H,12-15,17H2,1-2H3,(H,28,31)(H,30,33)/t24-,25?/m0/s1. The molecule has 0 bridgehead atoms. The fourth-order valence-corrected chi connectivity index (χ4v) is 4.46. The van der Waals surface area contributed by atoms with Crippen LogP contribution in [0, 0.1) is 5.92 Å². The largest absolute Gasteiger partial charge is 0.350 e. The molecular formula is C27H33N5O2.